The van der Waals surface area contributed by atoms with E-state index >= 15 is 0 Å². The van der Waals surface area contributed by atoms with Crippen LogP contribution in [0.15, 0.2) is 0 Å². The van der Waals surface area contributed by atoms with Gasteiger partial charge in [-0.2, -0.15) is 0 Å². The van der Waals surface area contributed by atoms with Crippen molar-refractivity contribution in [3.63, 3.8) is 0 Å². The molecule has 0 aromatic rings. The molecule has 3 nitrogen and oxygen atoms in total. The molecule has 0 amide bonds. The molecule has 0 spiro atoms. The fourth-order valence-corrected chi connectivity index (χ4v) is 3.93. The molecule has 0 aromatic heterocycles. The summed E-state index contributed by atoms with van der Waals surface area (Å²) in [6.07, 6.45) is 1.13. The molecule has 0 aliphatic carbocycles. The molecule has 0 saturated carbocycles. The molecule has 0 aliphatic rings. The van der Waals surface area contributed by atoms with Crippen LogP contribution in [0.1, 0.15) is 13.8 Å². The lowest BCUT2D eigenvalue weighted by Crippen LogP contribution is -2.21. The van der Waals surface area contributed by atoms with Crippen molar-refractivity contribution in [3.05, 3.63) is 0 Å². The average Bonchev–Trinajstić information content (AvgIpc) is 1.60. The van der Waals surface area contributed by atoms with Crippen molar-refractivity contribution in [1.29, 1.82) is 0 Å². The maximum atomic E-state index is 10.7. The summed E-state index contributed by atoms with van der Waals surface area (Å²) in [5, 5.41) is 8.67. The Morgan fingerprint density at radius 2 is 1.90 bits per heavy atom. The van der Waals surface area contributed by atoms with E-state index in [2.05, 4.69) is 0 Å². The van der Waals surface area contributed by atoms with E-state index in [4.69, 9.17) is 5.11 Å². The van der Waals surface area contributed by atoms with E-state index in [1.54, 1.807) is 13.8 Å². The molecule has 62 valence electrons. The first-order chi connectivity index (χ1) is 4.27. The van der Waals surface area contributed by atoms with Gasteiger partial charge in [-0.15, -0.1) is 0 Å². The first-order valence-corrected chi connectivity index (χ1v) is 6.01. The Balaban J connectivity index is 4.16. The minimum atomic E-state index is -3.04. The highest BCUT2D eigenvalue weighted by molar-refractivity contribution is 8.72. The summed E-state index contributed by atoms with van der Waals surface area (Å²) in [5.74, 6) is 0. The number of hydrogen-bond acceptors (Lipinski definition) is 4. The van der Waals surface area contributed by atoms with Crippen molar-refractivity contribution in [2.24, 2.45) is 0 Å². The summed E-state index contributed by atoms with van der Waals surface area (Å²) in [5.41, 5.74) is 0. The molecule has 0 atom stereocenters. The lowest BCUT2D eigenvalue weighted by Gasteiger charge is -2.18. The van der Waals surface area contributed by atoms with Crippen molar-refractivity contribution >= 4 is 19.7 Å². The summed E-state index contributed by atoms with van der Waals surface area (Å²) in [4.78, 5) is 0. The quantitative estimate of drug-likeness (QED) is 0.647. The summed E-state index contributed by atoms with van der Waals surface area (Å²) < 4.78 is 20.7. The maximum absolute atomic E-state index is 10.7. The molecule has 0 heterocycles. The predicted molar refractivity (Wildman–Crippen MR) is 43.6 cm³/mol. The molecular formula is C5H12O3S2. The van der Waals surface area contributed by atoms with Crippen LogP contribution in [0.4, 0.5) is 0 Å². The Labute approximate surface area is 65.1 Å². The Bertz CT molecular complexity index is 193. The molecule has 0 aliphatic heterocycles. The lowest BCUT2D eigenvalue weighted by molar-refractivity contribution is 0.265. The van der Waals surface area contributed by atoms with Crippen molar-refractivity contribution in [2.75, 3.05) is 12.9 Å². The van der Waals surface area contributed by atoms with Gasteiger partial charge in [0.05, 0.1) is 6.61 Å². The molecule has 0 rings (SSSR count). The van der Waals surface area contributed by atoms with Crippen LogP contribution in [0.2, 0.25) is 0 Å². The predicted octanol–water partition coefficient (Wildman–Crippen LogP) is 0.450. The topological polar surface area (TPSA) is 54.4 Å². The molecule has 1 N–H and O–H groups in total. The zero-order valence-electron chi connectivity index (χ0n) is 6.29. The zero-order valence-corrected chi connectivity index (χ0v) is 7.92. The van der Waals surface area contributed by atoms with E-state index in [1.807, 2.05) is 0 Å². The van der Waals surface area contributed by atoms with Gasteiger partial charge in [-0.25, -0.2) is 8.42 Å². The molecule has 0 aromatic carbocycles. The van der Waals surface area contributed by atoms with Crippen LogP contribution >= 0.6 is 10.8 Å². The standard InChI is InChI=1S/C5H12O3S2/c1-5(2,4-6)9-10(3,7)8/h6H,4H2,1-3H3. The molecule has 0 fully saturated rings. The van der Waals surface area contributed by atoms with E-state index in [1.165, 1.54) is 0 Å². The fraction of sp³-hybridized carbons (Fsp3) is 1.00. The summed E-state index contributed by atoms with van der Waals surface area (Å²) in [7, 11) is -2.26. The minimum Gasteiger partial charge on any atom is -0.395 e. The number of rotatable bonds is 3. The highest BCUT2D eigenvalue weighted by Crippen LogP contribution is 2.27. The third-order valence-electron chi connectivity index (χ3n) is 0.758. The monoisotopic (exact) mass is 184 g/mol. The second kappa shape index (κ2) is 3.11. The molecule has 10 heavy (non-hydrogen) atoms. The summed E-state index contributed by atoms with van der Waals surface area (Å²) >= 11 is 0. The first-order valence-electron chi connectivity index (χ1n) is 2.78. The van der Waals surface area contributed by atoms with Crippen LogP contribution in [0.25, 0.3) is 0 Å². The van der Waals surface area contributed by atoms with Crippen LogP contribution in [0, 0.1) is 0 Å². The molecule has 0 unspecified atom stereocenters. The van der Waals surface area contributed by atoms with Crippen LogP contribution in [-0.2, 0) is 8.87 Å². The largest absolute Gasteiger partial charge is 0.395 e. The van der Waals surface area contributed by atoms with Crippen LogP contribution in [0.5, 0.6) is 0 Å². The Kier molecular flexibility index (Phi) is 3.19. The van der Waals surface area contributed by atoms with Gasteiger partial charge in [0.15, 0.2) is 8.87 Å². The van der Waals surface area contributed by atoms with Gasteiger partial charge in [0.2, 0.25) is 0 Å². The second-order valence-corrected chi connectivity index (χ2v) is 7.70. The third kappa shape index (κ3) is 5.08. The highest BCUT2D eigenvalue weighted by Gasteiger charge is 2.22. The zero-order chi connectivity index (χ0) is 8.41. The smallest absolute Gasteiger partial charge is 0.199 e. The van der Waals surface area contributed by atoms with Gasteiger partial charge in [-0.3, -0.25) is 0 Å². The highest BCUT2D eigenvalue weighted by atomic mass is 33.1. The van der Waals surface area contributed by atoms with Gasteiger partial charge < -0.3 is 5.11 Å². The van der Waals surface area contributed by atoms with Crippen molar-refractivity contribution in [2.45, 2.75) is 18.6 Å². The van der Waals surface area contributed by atoms with Gasteiger partial charge in [0.1, 0.15) is 0 Å². The van der Waals surface area contributed by atoms with E-state index in [-0.39, 0.29) is 6.61 Å². The van der Waals surface area contributed by atoms with Crippen molar-refractivity contribution in [3.8, 4) is 0 Å². The van der Waals surface area contributed by atoms with Gasteiger partial charge in [-0.1, -0.05) is 0 Å². The van der Waals surface area contributed by atoms with Gasteiger partial charge in [0.25, 0.3) is 0 Å². The Morgan fingerprint density at radius 3 is 2.00 bits per heavy atom. The first kappa shape index (κ1) is 10.3. The number of aliphatic hydroxyl groups is 1. The Morgan fingerprint density at radius 1 is 1.50 bits per heavy atom. The van der Waals surface area contributed by atoms with Crippen LogP contribution in [0.3, 0.4) is 0 Å². The second-order valence-electron chi connectivity index (χ2n) is 2.71. The maximum Gasteiger partial charge on any atom is 0.199 e. The lowest BCUT2D eigenvalue weighted by atomic mass is 10.2. The van der Waals surface area contributed by atoms with Crippen molar-refractivity contribution in [1.82, 2.24) is 0 Å². The average molecular weight is 184 g/mol. The van der Waals surface area contributed by atoms with E-state index in [0.717, 1.165) is 17.0 Å². The van der Waals surface area contributed by atoms with E-state index < -0.39 is 13.6 Å². The third-order valence-corrected chi connectivity index (χ3v) is 3.90. The molecular weight excluding hydrogens is 172 g/mol. The van der Waals surface area contributed by atoms with Crippen LogP contribution in [-0.4, -0.2) is 31.1 Å². The Hall–Kier alpha value is 0.260. The number of hydrogen-bond donors (Lipinski definition) is 1. The molecule has 5 heteroatoms. The number of aliphatic hydroxyl groups excluding tert-OH is 1. The molecule has 0 radical (unpaired) electrons. The molecule has 0 bridgehead atoms. The van der Waals surface area contributed by atoms with Crippen LogP contribution < -0.4 is 0 Å². The summed E-state index contributed by atoms with van der Waals surface area (Å²) in [6.45, 7) is 3.22. The summed E-state index contributed by atoms with van der Waals surface area (Å²) in [6, 6.07) is 0. The normalized spacial score (nSPS) is 13.6. The fourth-order valence-electron chi connectivity index (χ4n) is 0.436. The minimum absolute atomic E-state index is 0.134. The van der Waals surface area contributed by atoms with Gasteiger partial charge >= 0.3 is 0 Å². The van der Waals surface area contributed by atoms with Gasteiger partial charge in [0, 0.05) is 11.0 Å². The molecule has 0 saturated heterocycles. The van der Waals surface area contributed by atoms with Crippen molar-refractivity contribution < 1.29 is 13.5 Å². The van der Waals surface area contributed by atoms with Gasteiger partial charge in [-0.05, 0) is 24.6 Å². The van der Waals surface area contributed by atoms with E-state index in [9.17, 15) is 8.42 Å². The van der Waals surface area contributed by atoms with E-state index in [0.29, 0.717) is 0 Å². The SMILES string of the molecule is CC(C)(CO)SS(C)(=O)=O.